The SMILES string of the molecule is CN1CC(C(=O)NC2CCC3(CC2)CNC(=O)c2ccccc2O3)CC1=O. The van der Waals surface area contributed by atoms with Crippen molar-refractivity contribution in [1.82, 2.24) is 15.5 Å². The van der Waals surface area contributed by atoms with Crippen LogP contribution in [0.5, 0.6) is 5.75 Å². The van der Waals surface area contributed by atoms with Gasteiger partial charge in [-0.1, -0.05) is 12.1 Å². The van der Waals surface area contributed by atoms with Gasteiger partial charge >= 0.3 is 0 Å². The summed E-state index contributed by atoms with van der Waals surface area (Å²) in [4.78, 5) is 38.0. The molecule has 1 saturated heterocycles. The van der Waals surface area contributed by atoms with E-state index in [0.717, 1.165) is 25.7 Å². The van der Waals surface area contributed by atoms with Gasteiger partial charge in [-0.2, -0.15) is 0 Å². The van der Waals surface area contributed by atoms with Crippen LogP contribution in [0.4, 0.5) is 0 Å². The Hall–Kier alpha value is -2.57. The summed E-state index contributed by atoms with van der Waals surface area (Å²) in [5.41, 5.74) is 0.146. The Morgan fingerprint density at radius 3 is 2.70 bits per heavy atom. The molecule has 2 aliphatic heterocycles. The van der Waals surface area contributed by atoms with Gasteiger partial charge < -0.3 is 20.3 Å². The zero-order valence-corrected chi connectivity index (χ0v) is 15.5. The van der Waals surface area contributed by atoms with E-state index < -0.39 is 5.60 Å². The largest absolute Gasteiger partial charge is 0.485 e. The summed E-state index contributed by atoms with van der Waals surface area (Å²) in [5.74, 6) is 0.266. The molecule has 0 bridgehead atoms. The summed E-state index contributed by atoms with van der Waals surface area (Å²) >= 11 is 0. The van der Waals surface area contributed by atoms with E-state index in [-0.39, 0.29) is 29.7 Å². The molecule has 2 N–H and O–H groups in total. The van der Waals surface area contributed by atoms with Crippen molar-refractivity contribution in [2.45, 2.75) is 43.7 Å². The van der Waals surface area contributed by atoms with Crippen LogP contribution in [0.25, 0.3) is 0 Å². The first-order valence-corrected chi connectivity index (χ1v) is 9.56. The molecule has 7 nitrogen and oxygen atoms in total. The van der Waals surface area contributed by atoms with Crippen molar-refractivity contribution in [3.63, 3.8) is 0 Å². The number of hydrogen-bond donors (Lipinski definition) is 2. The van der Waals surface area contributed by atoms with Crippen molar-refractivity contribution in [3.8, 4) is 5.75 Å². The van der Waals surface area contributed by atoms with E-state index in [1.165, 1.54) is 0 Å². The minimum Gasteiger partial charge on any atom is -0.485 e. The van der Waals surface area contributed by atoms with Gasteiger partial charge in [0.05, 0.1) is 18.0 Å². The number of ether oxygens (including phenoxy) is 1. The lowest BCUT2D eigenvalue weighted by Gasteiger charge is -2.39. The summed E-state index contributed by atoms with van der Waals surface area (Å²) in [5, 5.41) is 6.08. The summed E-state index contributed by atoms with van der Waals surface area (Å²) < 4.78 is 6.29. The standard InChI is InChI=1S/C20H25N3O4/c1-23-11-13(10-17(23)24)18(25)22-14-6-8-20(9-7-14)12-21-19(26)15-4-2-3-5-16(15)27-20/h2-5,13-14H,6-12H2,1H3,(H,21,26)(H,22,25). The predicted octanol–water partition coefficient (Wildman–Crippen LogP) is 1.08. The molecule has 1 unspecified atom stereocenters. The van der Waals surface area contributed by atoms with Crippen molar-refractivity contribution in [2.24, 2.45) is 5.92 Å². The maximum atomic E-state index is 12.5. The molecule has 3 aliphatic rings. The number of benzene rings is 1. The van der Waals surface area contributed by atoms with Crippen LogP contribution < -0.4 is 15.4 Å². The highest BCUT2D eigenvalue weighted by molar-refractivity contribution is 5.97. The molecule has 2 heterocycles. The number of rotatable bonds is 2. The van der Waals surface area contributed by atoms with Crippen molar-refractivity contribution >= 4 is 17.7 Å². The van der Waals surface area contributed by atoms with Crippen molar-refractivity contribution < 1.29 is 19.1 Å². The number of para-hydroxylation sites is 1. The fourth-order valence-electron chi connectivity index (χ4n) is 4.27. The van der Waals surface area contributed by atoms with Crippen LogP contribution in [0.2, 0.25) is 0 Å². The highest BCUT2D eigenvalue weighted by Gasteiger charge is 2.41. The number of carbonyl (C=O) groups excluding carboxylic acids is 3. The molecule has 7 heteroatoms. The second-order valence-electron chi connectivity index (χ2n) is 7.92. The molecule has 1 aromatic carbocycles. The van der Waals surface area contributed by atoms with Crippen molar-refractivity contribution in [2.75, 3.05) is 20.1 Å². The van der Waals surface area contributed by atoms with Gasteiger partial charge in [0, 0.05) is 26.1 Å². The Bertz CT molecular complexity index is 770. The molecule has 1 atom stereocenters. The van der Waals surface area contributed by atoms with Gasteiger partial charge in [0.1, 0.15) is 11.4 Å². The van der Waals surface area contributed by atoms with E-state index in [2.05, 4.69) is 10.6 Å². The van der Waals surface area contributed by atoms with E-state index >= 15 is 0 Å². The molecule has 2 fully saturated rings. The molecule has 4 rings (SSSR count). The van der Waals surface area contributed by atoms with Gasteiger partial charge in [0.15, 0.2) is 0 Å². The summed E-state index contributed by atoms with van der Waals surface area (Å²) in [7, 11) is 1.73. The third-order valence-corrected chi connectivity index (χ3v) is 5.98. The maximum absolute atomic E-state index is 12.5. The van der Waals surface area contributed by atoms with Gasteiger partial charge in [-0.15, -0.1) is 0 Å². The highest BCUT2D eigenvalue weighted by atomic mass is 16.5. The van der Waals surface area contributed by atoms with Gasteiger partial charge in [0.25, 0.3) is 5.91 Å². The Labute approximate surface area is 158 Å². The third-order valence-electron chi connectivity index (χ3n) is 5.98. The molecule has 1 spiro atoms. The summed E-state index contributed by atoms with van der Waals surface area (Å²) in [6, 6.07) is 7.40. The fraction of sp³-hybridized carbons (Fsp3) is 0.550. The average Bonchev–Trinajstić information content (AvgIpc) is 2.94. The Kier molecular flexibility index (Phi) is 4.53. The summed E-state index contributed by atoms with van der Waals surface area (Å²) in [6.07, 6.45) is 3.40. The topological polar surface area (TPSA) is 87.7 Å². The molecule has 1 aromatic rings. The minimum atomic E-state index is -0.424. The molecular formula is C20H25N3O4. The number of fused-ring (bicyclic) bond motifs is 1. The number of nitrogens with zero attached hydrogens (tertiary/aromatic N) is 1. The number of likely N-dealkylation sites (tertiary alicyclic amines) is 1. The smallest absolute Gasteiger partial charge is 0.255 e. The third kappa shape index (κ3) is 3.50. The van der Waals surface area contributed by atoms with Gasteiger partial charge in [-0.25, -0.2) is 0 Å². The summed E-state index contributed by atoms with van der Waals surface area (Å²) in [6.45, 7) is 0.969. The van der Waals surface area contributed by atoms with Crippen LogP contribution >= 0.6 is 0 Å². The molecular weight excluding hydrogens is 346 g/mol. The van der Waals surface area contributed by atoms with Gasteiger partial charge in [-0.05, 0) is 37.8 Å². The number of nitrogens with one attached hydrogen (secondary N) is 2. The van der Waals surface area contributed by atoms with Crippen LogP contribution in [0.3, 0.4) is 0 Å². The van der Waals surface area contributed by atoms with Gasteiger partial charge in [0.2, 0.25) is 11.8 Å². The maximum Gasteiger partial charge on any atom is 0.255 e. The van der Waals surface area contributed by atoms with Crippen LogP contribution in [0.15, 0.2) is 24.3 Å². The second-order valence-corrected chi connectivity index (χ2v) is 7.92. The lowest BCUT2D eigenvalue weighted by atomic mass is 9.81. The molecule has 1 aliphatic carbocycles. The lowest BCUT2D eigenvalue weighted by molar-refractivity contribution is -0.128. The zero-order valence-electron chi connectivity index (χ0n) is 15.5. The average molecular weight is 371 g/mol. The first-order valence-electron chi connectivity index (χ1n) is 9.56. The first kappa shape index (κ1) is 17.8. The molecule has 0 radical (unpaired) electrons. The van der Waals surface area contributed by atoms with Crippen LogP contribution in [0.1, 0.15) is 42.5 Å². The Morgan fingerprint density at radius 1 is 1.26 bits per heavy atom. The molecule has 1 saturated carbocycles. The number of amides is 3. The number of carbonyl (C=O) groups is 3. The Balaban J connectivity index is 1.37. The predicted molar refractivity (Wildman–Crippen MR) is 98.3 cm³/mol. The zero-order chi connectivity index (χ0) is 19.0. The minimum absolute atomic E-state index is 0.0269. The lowest BCUT2D eigenvalue weighted by Crippen LogP contribution is -2.51. The molecule has 3 amide bonds. The normalized spacial score (nSPS) is 30.3. The van der Waals surface area contributed by atoms with Crippen LogP contribution in [-0.4, -0.2) is 54.4 Å². The fourth-order valence-corrected chi connectivity index (χ4v) is 4.27. The quantitative estimate of drug-likeness (QED) is 0.815. The van der Waals surface area contributed by atoms with Crippen LogP contribution in [0, 0.1) is 5.92 Å². The Morgan fingerprint density at radius 2 is 2.00 bits per heavy atom. The molecule has 144 valence electrons. The van der Waals surface area contributed by atoms with E-state index in [4.69, 9.17) is 4.74 Å². The van der Waals surface area contributed by atoms with Gasteiger partial charge in [-0.3, -0.25) is 14.4 Å². The van der Waals surface area contributed by atoms with E-state index in [1.54, 1.807) is 18.0 Å². The molecule has 27 heavy (non-hydrogen) atoms. The van der Waals surface area contributed by atoms with E-state index in [9.17, 15) is 14.4 Å². The monoisotopic (exact) mass is 371 g/mol. The number of hydrogen-bond acceptors (Lipinski definition) is 4. The van der Waals surface area contributed by atoms with Crippen molar-refractivity contribution in [3.05, 3.63) is 29.8 Å². The van der Waals surface area contributed by atoms with Crippen LogP contribution in [-0.2, 0) is 9.59 Å². The second kappa shape index (κ2) is 6.87. The van der Waals surface area contributed by atoms with Crippen molar-refractivity contribution in [1.29, 1.82) is 0 Å². The van der Waals surface area contributed by atoms with E-state index in [1.807, 2.05) is 18.2 Å². The highest BCUT2D eigenvalue weighted by Crippen LogP contribution is 2.36. The van der Waals surface area contributed by atoms with E-state index in [0.29, 0.717) is 30.8 Å². The first-order chi connectivity index (χ1) is 13.0. The molecule has 0 aromatic heterocycles.